The molecule has 0 spiro atoms. The topological polar surface area (TPSA) is 60.9 Å². The second-order valence-electron chi connectivity index (χ2n) is 6.05. The number of likely N-dealkylation sites (tertiary alicyclic amines) is 1. The molecule has 1 aromatic rings. The van der Waals surface area contributed by atoms with Gasteiger partial charge in [0.15, 0.2) is 0 Å². The van der Waals surface area contributed by atoms with E-state index in [9.17, 15) is 18.0 Å². The highest BCUT2D eigenvalue weighted by molar-refractivity contribution is 5.68. The van der Waals surface area contributed by atoms with Crippen molar-refractivity contribution in [1.29, 1.82) is 0 Å². The van der Waals surface area contributed by atoms with Gasteiger partial charge in [-0.2, -0.15) is 13.2 Å². The number of halogens is 3. The smallest absolute Gasteiger partial charge is 0.416 e. The lowest BCUT2D eigenvalue weighted by molar-refractivity contribution is -0.137. The van der Waals surface area contributed by atoms with E-state index in [-0.39, 0.29) is 18.5 Å². The molecular weight excluding hydrogens is 341 g/mol. The summed E-state index contributed by atoms with van der Waals surface area (Å²) in [6.07, 6.45) is -2.50. The Morgan fingerprint density at radius 2 is 2.00 bits per heavy atom. The molecule has 3 heterocycles. The third-order valence-corrected chi connectivity index (χ3v) is 4.19. The van der Waals surface area contributed by atoms with Crippen molar-refractivity contribution >= 4 is 6.09 Å². The fraction of sp³-hybridized carbons (Fsp3) is 0.625. The van der Waals surface area contributed by atoms with Gasteiger partial charge in [-0.05, 0) is 6.07 Å². The number of amides is 1. The van der Waals surface area contributed by atoms with E-state index in [4.69, 9.17) is 14.2 Å². The van der Waals surface area contributed by atoms with E-state index >= 15 is 0 Å². The lowest BCUT2D eigenvalue weighted by Crippen LogP contribution is -2.36. The molecule has 0 N–H and O–H groups in total. The second kappa shape index (κ2) is 7.47. The van der Waals surface area contributed by atoms with Crippen LogP contribution in [0.25, 0.3) is 0 Å². The molecule has 1 unspecified atom stereocenters. The molecule has 3 rings (SSSR count). The molecular formula is C16H19F3N2O4. The molecule has 0 aliphatic carbocycles. The second-order valence-corrected chi connectivity index (χ2v) is 6.05. The number of aromatic nitrogens is 1. The van der Waals surface area contributed by atoms with Gasteiger partial charge >= 0.3 is 12.3 Å². The molecule has 6 nitrogen and oxygen atoms in total. The van der Waals surface area contributed by atoms with Gasteiger partial charge in [-0.15, -0.1) is 0 Å². The molecule has 2 aliphatic heterocycles. The lowest BCUT2D eigenvalue weighted by Gasteiger charge is -2.25. The summed E-state index contributed by atoms with van der Waals surface area (Å²) in [6, 6.07) is 1.75. The highest BCUT2D eigenvalue weighted by Crippen LogP contribution is 2.31. The molecule has 1 atom stereocenters. The number of alkyl halides is 3. The predicted octanol–water partition coefficient (Wildman–Crippen LogP) is 2.87. The Kier molecular flexibility index (Phi) is 5.31. The molecule has 25 heavy (non-hydrogen) atoms. The summed E-state index contributed by atoms with van der Waals surface area (Å²) in [5, 5.41) is 0. The molecule has 0 saturated carbocycles. The van der Waals surface area contributed by atoms with Crippen molar-refractivity contribution in [3.8, 4) is 5.88 Å². The summed E-state index contributed by atoms with van der Waals surface area (Å²) >= 11 is 0. The van der Waals surface area contributed by atoms with E-state index in [2.05, 4.69) is 4.98 Å². The van der Waals surface area contributed by atoms with Crippen LogP contribution in [-0.2, 0) is 15.7 Å². The van der Waals surface area contributed by atoms with Crippen LogP contribution < -0.4 is 4.74 Å². The van der Waals surface area contributed by atoms with Crippen LogP contribution in [0.4, 0.5) is 18.0 Å². The summed E-state index contributed by atoms with van der Waals surface area (Å²) < 4.78 is 54.3. The highest BCUT2D eigenvalue weighted by atomic mass is 19.4. The first kappa shape index (κ1) is 17.8. The summed E-state index contributed by atoms with van der Waals surface area (Å²) in [5.74, 6) is -0.0977. The number of pyridine rings is 1. The molecule has 138 valence electrons. The van der Waals surface area contributed by atoms with Crippen molar-refractivity contribution in [3.63, 3.8) is 0 Å². The number of carbonyl (C=O) groups is 1. The van der Waals surface area contributed by atoms with Gasteiger partial charge in [0.25, 0.3) is 0 Å². The fourth-order valence-electron chi connectivity index (χ4n) is 2.82. The first-order chi connectivity index (χ1) is 11.9. The summed E-state index contributed by atoms with van der Waals surface area (Å²) in [5.41, 5.74) is -0.814. The number of hydrogen-bond donors (Lipinski definition) is 0. The maximum absolute atomic E-state index is 12.7. The maximum atomic E-state index is 12.7. The third-order valence-electron chi connectivity index (χ3n) is 4.19. The van der Waals surface area contributed by atoms with E-state index in [1.54, 1.807) is 0 Å². The van der Waals surface area contributed by atoms with E-state index < -0.39 is 23.9 Å². The van der Waals surface area contributed by atoms with Crippen LogP contribution >= 0.6 is 0 Å². The van der Waals surface area contributed by atoms with Crippen molar-refractivity contribution in [2.75, 3.05) is 26.3 Å². The Hall–Kier alpha value is -2.03. The van der Waals surface area contributed by atoms with Gasteiger partial charge in [-0.1, -0.05) is 0 Å². The van der Waals surface area contributed by atoms with E-state index in [1.165, 1.54) is 4.90 Å². The SMILES string of the molecule is O=C(OC1CCOCC1)N1CCC(Oc2cc(C(F)(F)F)ccn2)C1. The van der Waals surface area contributed by atoms with Crippen LogP contribution in [0.2, 0.25) is 0 Å². The zero-order chi connectivity index (χ0) is 17.9. The van der Waals surface area contributed by atoms with Crippen LogP contribution in [-0.4, -0.2) is 54.5 Å². The monoisotopic (exact) mass is 360 g/mol. The maximum Gasteiger partial charge on any atom is 0.416 e. The van der Waals surface area contributed by atoms with E-state index in [0.717, 1.165) is 18.3 Å². The Morgan fingerprint density at radius 3 is 2.72 bits per heavy atom. The van der Waals surface area contributed by atoms with Crippen molar-refractivity contribution in [1.82, 2.24) is 9.88 Å². The minimum atomic E-state index is -4.45. The van der Waals surface area contributed by atoms with Crippen molar-refractivity contribution in [3.05, 3.63) is 23.9 Å². The van der Waals surface area contributed by atoms with Gasteiger partial charge in [0.05, 0.1) is 25.3 Å². The van der Waals surface area contributed by atoms with E-state index in [0.29, 0.717) is 39.0 Å². The molecule has 2 saturated heterocycles. The Labute approximate surface area is 142 Å². The predicted molar refractivity (Wildman–Crippen MR) is 80.2 cm³/mol. The summed E-state index contributed by atoms with van der Waals surface area (Å²) in [7, 11) is 0. The zero-order valence-electron chi connectivity index (χ0n) is 13.5. The van der Waals surface area contributed by atoms with Gasteiger partial charge in [0, 0.05) is 38.1 Å². The van der Waals surface area contributed by atoms with Crippen LogP contribution in [0.1, 0.15) is 24.8 Å². The average molecular weight is 360 g/mol. The molecule has 2 fully saturated rings. The van der Waals surface area contributed by atoms with Gasteiger partial charge in [-0.25, -0.2) is 9.78 Å². The van der Waals surface area contributed by atoms with Gasteiger partial charge in [0.2, 0.25) is 5.88 Å². The van der Waals surface area contributed by atoms with Crippen molar-refractivity contribution < 1.29 is 32.2 Å². The lowest BCUT2D eigenvalue weighted by atomic mass is 10.2. The minimum absolute atomic E-state index is 0.0977. The van der Waals surface area contributed by atoms with Gasteiger partial charge in [-0.3, -0.25) is 0 Å². The highest BCUT2D eigenvalue weighted by Gasteiger charge is 2.33. The Morgan fingerprint density at radius 1 is 1.24 bits per heavy atom. The number of rotatable bonds is 3. The Bertz CT molecular complexity index is 605. The summed E-state index contributed by atoms with van der Waals surface area (Å²) in [4.78, 5) is 17.5. The number of nitrogens with zero attached hydrogens (tertiary/aromatic N) is 2. The van der Waals surface area contributed by atoms with Gasteiger partial charge < -0.3 is 19.1 Å². The van der Waals surface area contributed by atoms with Crippen molar-refractivity contribution in [2.45, 2.75) is 37.6 Å². The third kappa shape index (κ3) is 4.75. The number of ether oxygens (including phenoxy) is 3. The van der Waals surface area contributed by atoms with Crippen LogP contribution in [0.5, 0.6) is 5.88 Å². The van der Waals surface area contributed by atoms with Crippen LogP contribution in [0.3, 0.4) is 0 Å². The molecule has 1 aromatic heterocycles. The normalized spacial score (nSPS) is 22.0. The first-order valence-corrected chi connectivity index (χ1v) is 8.15. The molecule has 1 amide bonds. The number of hydrogen-bond acceptors (Lipinski definition) is 5. The minimum Gasteiger partial charge on any atom is -0.472 e. The molecule has 0 radical (unpaired) electrons. The van der Waals surface area contributed by atoms with E-state index in [1.807, 2.05) is 0 Å². The Balaban J connectivity index is 1.52. The molecule has 0 bridgehead atoms. The molecule has 2 aliphatic rings. The first-order valence-electron chi connectivity index (χ1n) is 8.15. The molecule has 0 aromatic carbocycles. The summed E-state index contributed by atoms with van der Waals surface area (Å²) in [6.45, 7) is 1.85. The largest absolute Gasteiger partial charge is 0.472 e. The average Bonchev–Trinajstić information content (AvgIpc) is 3.04. The van der Waals surface area contributed by atoms with Crippen molar-refractivity contribution in [2.24, 2.45) is 0 Å². The van der Waals surface area contributed by atoms with Crippen LogP contribution in [0, 0.1) is 0 Å². The number of carbonyl (C=O) groups excluding carboxylic acids is 1. The zero-order valence-corrected chi connectivity index (χ0v) is 13.5. The standard InChI is InChI=1S/C16H19F3N2O4/c17-16(18,19)11-1-5-20-14(9-11)24-13-2-6-21(10-13)15(22)25-12-3-7-23-8-4-12/h1,5,9,12-13H,2-4,6-8,10H2. The van der Waals surface area contributed by atoms with Crippen LogP contribution in [0.15, 0.2) is 18.3 Å². The van der Waals surface area contributed by atoms with Gasteiger partial charge in [0.1, 0.15) is 12.2 Å². The fourth-order valence-corrected chi connectivity index (χ4v) is 2.82. The quantitative estimate of drug-likeness (QED) is 0.830. The molecule has 9 heteroatoms.